The van der Waals surface area contributed by atoms with E-state index in [2.05, 4.69) is 6.07 Å². The largest absolute Gasteiger partial charge is 0.496 e. The summed E-state index contributed by atoms with van der Waals surface area (Å²) >= 11 is 0. The van der Waals surface area contributed by atoms with Crippen LogP contribution >= 0.6 is 0 Å². The summed E-state index contributed by atoms with van der Waals surface area (Å²) < 4.78 is 5.36. The van der Waals surface area contributed by atoms with Gasteiger partial charge in [0.2, 0.25) is 0 Å². The predicted molar refractivity (Wildman–Crippen MR) is 59.8 cm³/mol. The van der Waals surface area contributed by atoms with Gasteiger partial charge in [-0.05, 0) is 5.39 Å². The van der Waals surface area contributed by atoms with Gasteiger partial charge in [0.25, 0.3) is 0 Å². The van der Waals surface area contributed by atoms with Crippen LogP contribution in [0.2, 0.25) is 0 Å². The van der Waals surface area contributed by atoms with E-state index in [1.54, 1.807) is 7.11 Å². The number of ether oxygens (including phenoxy) is 1. The van der Waals surface area contributed by atoms with Crippen molar-refractivity contribution in [1.82, 2.24) is 0 Å². The fourth-order valence-electron chi connectivity index (χ4n) is 1.75. The third kappa shape index (κ3) is 1.64. The molecule has 0 saturated heterocycles. The van der Waals surface area contributed by atoms with Gasteiger partial charge in [0.05, 0.1) is 19.6 Å². The highest BCUT2D eigenvalue weighted by Crippen LogP contribution is 2.29. The van der Waals surface area contributed by atoms with E-state index >= 15 is 0 Å². The molecule has 0 aliphatic rings. The second-order valence-electron chi connectivity index (χ2n) is 3.31. The zero-order chi connectivity index (χ0) is 10.7. The van der Waals surface area contributed by atoms with Crippen LogP contribution in [0.15, 0.2) is 36.4 Å². The Hall–Kier alpha value is -2.01. The number of hydrogen-bond acceptors (Lipinski definition) is 2. The minimum absolute atomic E-state index is 0.383. The Morgan fingerprint density at radius 1 is 1.20 bits per heavy atom. The summed E-state index contributed by atoms with van der Waals surface area (Å²) in [4.78, 5) is 0. The van der Waals surface area contributed by atoms with Crippen LogP contribution in [0.3, 0.4) is 0 Å². The number of nitrogens with zero attached hydrogens (tertiary/aromatic N) is 1. The standard InChI is InChI=1S/C13H11NO/c1-15-13-11(8-9-14)7-6-10-4-2-3-5-12(10)13/h2-7H,8H2,1H3. The van der Waals surface area contributed by atoms with E-state index < -0.39 is 0 Å². The second-order valence-corrected chi connectivity index (χ2v) is 3.31. The fraction of sp³-hybridized carbons (Fsp3) is 0.154. The van der Waals surface area contributed by atoms with Gasteiger partial charge in [-0.2, -0.15) is 5.26 Å². The van der Waals surface area contributed by atoms with Crippen LogP contribution in [0.5, 0.6) is 5.75 Å². The van der Waals surface area contributed by atoms with Crippen molar-refractivity contribution in [2.24, 2.45) is 0 Å². The minimum Gasteiger partial charge on any atom is -0.496 e. The van der Waals surface area contributed by atoms with Gasteiger partial charge in [-0.3, -0.25) is 0 Å². The quantitative estimate of drug-likeness (QED) is 0.741. The first-order valence-electron chi connectivity index (χ1n) is 4.78. The fourth-order valence-corrected chi connectivity index (χ4v) is 1.75. The van der Waals surface area contributed by atoms with Gasteiger partial charge in [-0.15, -0.1) is 0 Å². The normalized spacial score (nSPS) is 9.87. The van der Waals surface area contributed by atoms with Crippen molar-refractivity contribution >= 4 is 10.8 Å². The van der Waals surface area contributed by atoms with Gasteiger partial charge in [-0.25, -0.2) is 0 Å². The molecule has 0 fully saturated rings. The molecule has 0 aromatic heterocycles. The van der Waals surface area contributed by atoms with Crippen molar-refractivity contribution in [2.45, 2.75) is 6.42 Å². The van der Waals surface area contributed by atoms with Crippen molar-refractivity contribution < 1.29 is 4.74 Å². The maximum Gasteiger partial charge on any atom is 0.130 e. The van der Waals surface area contributed by atoms with Gasteiger partial charge in [0.15, 0.2) is 0 Å². The number of fused-ring (bicyclic) bond motifs is 1. The van der Waals surface area contributed by atoms with Gasteiger partial charge >= 0.3 is 0 Å². The molecule has 2 aromatic carbocycles. The Kier molecular flexibility index (Phi) is 2.55. The molecule has 0 saturated carbocycles. The number of benzene rings is 2. The third-order valence-electron chi connectivity index (χ3n) is 2.43. The van der Waals surface area contributed by atoms with E-state index in [9.17, 15) is 0 Å². The monoisotopic (exact) mass is 197 g/mol. The average molecular weight is 197 g/mol. The Morgan fingerprint density at radius 2 is 2.00 bits per heavy atom. The first kappa shape index (κ1) is 9.54. The van der Waals surface area contributed by atoms with Crippen LogP contribution in [-0.2, 0) is 6.42 Å². The molecule has 0 radical (unpaired) electrons. The molecule has 2 nitrogen and oxygen atoms in total. The lowest BCUT2D eigenvalue weighted by Gasteiger charge is -2.09. The highest BCUT2D eigenvalue weighted by atomic mass is 16.5. The molecule has 0 aliphatic heterocycles. The first-order valence-corrected chi connectivity index (χ1v) is 4.78. The molecule has 0 amide bonds. The lowest BCUT2D eigenvalue weighted by atomic mass is 10.0. The van der Waals surface area contributed by atoms with Crippen molar-refractivity contribution in [3.8, 4) is 11.8 Å². The van der Waals surface area contributed by atoms with Crippen LogP contribution in [0.25, 0.3) is 10.8 Å². The zero-order valence-electron chi connectivity index (χ0n) is 8.53. The number of nitriles is 1. The van der Waals surface area contributed by atoms with E-state index in [-0.39, 0.29) is 0 Å². The summed E-state index contributed by atoms with van der Waals surface area (Å²) in [6.07, 6.45) is 0.383. The Balaban J connectivity index is 2.71. The molecule has 2 rings (SSSR count). The summed E-state index contributed by atoms with van der Waals surface area (Å²) in [6.45, 7) is 0. The third-order valence-corrected chi connectivity index (χ3v) is 2.43. The molecule has 0 N–H and O–H groups in total. The summed E-state index contributed by atoms with van der Waals surface area (Å²) in [5, 5.41) is 10.9. The number of rotatable bonds is 2. The zero-order valence-corrected chi connectivity index (χ0v) is 8.53. The molecule has 0 spiro atoms. The number of methoxy groups -OCH3 is 1. The topological polar surface area (TPSA) is 33.0 Å². The summed E-state index contributed by atoms with van der Waals surface area (Å²) in [6, 6.07) is 14.1. The Bertz CT molecular complexity index is 526. The molecule has 0 aliphatic carbocycles. The predicted octanol–water partition coefficient (Wildman–Crippen LogP) is 2.91. The molecule has 74 valence electrons. The van der Waals surface area contributed by atoms with Crippen molar-refractivity contribution in [1.29, 1.82) is 5.26 Å². The Labute approximate surface area is 88.7 Å². The first-order chi connectivity index (χ1) is 7.36. The van der Waals surface area contributed by atoms with Crippen LogP contribution in [0, 0.1) is 11.3 Å². The smallest absolute Gasteiger partial charge is 0.130 e. The maximum atomic E-state index is 8.71. The second kappa shape index (κ2) is 4.02. The minimum atomic E-state index is 0.383. The van der Waals surface area contributed by atoms with Crippen LogP contribution < -0.4 is 4.74 Å². The van der Waals surface area contributed by atoms with Crippen LogP contribution in [0.1, 0.15) is 5.56 Å². The van der Waals surface area contributed by atoms with Gasteiger partial charge in [0.1, 0.15) is 5.75 Å². The number of hydrogen-bond donors (Lipinski definition) is 0. The summed E-state index contributed by atoms with van der Waals surface area (Å²) in [7, 11) is 1.64. The lowest BCUT2D eigenvalue weighted by molar-refractivity contribution is 0.416. The van der Waals surface area contributed by atoms with E-state index in [0.717, 1.165) is 22.1 Å². The maximum absolute atomic E-state index is 8.71. The molecule has 0 bridgehead atoms. The lowest BCUT2D eigenvalue weighted by Crippen LogP contribution is -1.92. The summed E-state index contributed by atoms with van der Waals surface area (Å²) in [5.41, 5.74) is 0.943. The molecule has 0 atom stereocenters. The molecule has 2 heteroatoms. The molecule has 15 heavy (non-hydrogen) atoms. The van der Waals surface area contributed by atoms with Crippen LogP contribution in [0.4, 0.5) is 0 Å². The molecular formula is C13H11NO. The molecule has 0 unspecified atom stereocenters. The molecule has 0 heterocycles. The van der Waals surface area contributed by atoms with Crippen LogP contribution in [-0.4, -0.2) is 7.11 Å². The van der Waals surface area contributed by atoms with Gasteiger partial charge in [0, 0.05) is 10.9 Å². The highest BCUT2D eigenvalue weighted by molar-refractivity contribution is 5.89. The highest BCUT2D eigenvalue weighted by Gasteiger charge is 2.06. The summed E-state index contributed by atoms with van der Waals surface area (Å²) in [5.74, 6) is 0.814. The molecule has 2 aromatic rings. The van der Waals surface area contributed by atoms with Crippen molar-refractivity contribution in [3.05, 3.63) is 42.0 Å². The molecular weight excluding hydrogens is 186 g/mol. The van der Waals surface area contributed by atoms with Crippen molar-refractivity contribution in [2.75, 3.05) is 7.11 Å². The van der Waals surface area contributed by atoms with E-state index in [0.29, 0.717) is 6.42 Å². The van der Waals surface area contributed by atoms with E-state index in [1.807, 2.05) is 36.4 Å². The van der Waals surface area contributed by atoms with Gasteiger partial charge < -0.3 is 4.74 Å². The van der Waals surface area contributed by atoms with Crippen molar-refractivity contribution in [3.63, 3.8) is 0 Å². The average Bonchev–Trinajstić information content (AvgIpc) is 2.29. The van der Waals surface area contributed by atoms with Gasteiger partial charge in [-0.1, -0.05) is 36.4 Å². The van der Waals surface area contributed by atoms with E-state index in [4.69, 9.17) is 10.00 Å². The Morgan fingerprint density at radius 3 is 2.73 bits per heavy atom. The van der Waals surface area contributed by atoms with E-state index in [1.165, 1.54) is 0 Å². The SMILES string of the molecule is COc1c(CC#N)ccc2ccccc12.